The maximum absolute atomic E-state index is 13.2. The number of amides is 1. The molecular weight excluding hydrogens is 328 g/mol. The molecule has 0 aliphatic carbocycles. The molecule has 6 nitrogen and oxygen atoms in total. The molecule has 2 aliphatic rings. The third kappa shape index (κ3) is 3.96. The molecule has 146 valence electrons. The molecule has 2 aliphatic heterocycles. The van der Waals surface area contributed by atoms with Gasteiger partial charge in [-0.25, -0.2) is 0 Å². The van der Waals surface area contributed by atoms with E-state index in [9.17, 15) is 4.79 Å². The molecule has 0 radical (unpaired) electrons. The fraction of sp³-hybridized carbons (Fsp3) is 0.800. The minimum absolute atomic E-state index is 0.170. The average Bonchev–Trinajstić information content (AvgIpc) is 2.87. The minimum atomic E-state index is 0.170. The molecule has 0 N–H and O–H groups in total. The van der Waals surface area contributed by atoms with E-state index < -0.39 is 0 Å². The van der Waals surface area contributed by atoms with E-state index in [1.165, 1.54) is 25.8 Å². The summed E-state index contributed by atoms with van der Waals surface area (Å²) in [5.74, 6) is 0.170. The molecule has 1 aromatic rings. The Labute approximate surface area is 157 Å². The first-order chi connectivity index (χ1) is 12.5. The molecule has 3 heterocycles. The van der Waals surface area contributed by atoms with Crippen LogP contribution in [0.4, 0.5) is 0 Å². The van der Waals surface area contributed by atoms with Crippen molar-refractivity contribution in [2.45, 2.75) is 46.0 Å². The highest BCUT2D eigenvalue weighted by Crippen LogP contribution is 2.39. The van der Waals surface area contributed by atoms with Gasteiger partial charge in [0.2, 0.25) is 0 Å². The van der Waals surface area contributed by atoms with Crippen LogP contribution in [-0.4, -0.2) is 71.9 Å². The third-order valence-corrected chi connectivity index (χ3v) is 6.23. The maximum atomic E-state index is 13.2. The number of hydrogen-bond donors (Lipinski definition) is 0. The number of piperidine rings is 2. The fourth-order valence-corrected chi connectivity index (χ4v) is 4.89. The number of carbonyl (C=O) groups excluding carboxylic acids is 1. The van der Waals surface area contributed by atoms with Crippen molar-refractivity contribution < 1.29 is 9.53 Å². The van der Waals surface area contributed by atoms with Crippen molar-refractivity contribution in [1.29, 1.82) is 0 Å². The Hall–Kier alpha value is -1.40. The molecule has 0 aromatic carbocycles. The second kappa shape index (κ2) is 8.09. The van der Waals surface area contributed by atoms with E-state index in [1.54, 1.807) is 7.11 Å². The van der Waals surface area contributed by atoms with Crippen LogP contribution >= 0.6 is 0 Å². The van der Waals surface area contributed by atoms with Crippen molar-refractivity contribution in [3.05, 3.63) is 17.0 Å². The van der Waals surface area contributed by atoms with Gasteiger partial charge >= 0.3 is 0 Å². The molecule has 26 heavy (non-hydrogen) atoms. The van der Waals surface area contributed by atoms with Crippen molar-refractivity contribution >= 4 is 5.91 Å². The summed E-state index contributed by atoms with van der Waals surface area (Å²) < 4.78 is 7.02. The molecule has 2 saturated heterocycles. The molecule has 2 fully saturated rings. The Kier molecular flexibility index (Phi) is 6.03. The number of ether oxygens (including phenoxy) is 1. The van der Waals surface area contributed by atoms with Crippen LogP contribution < -0.4 is 0 Å². The predicted octanol–water partition coefficient (Wildman–Crippen LogP) is 2.39. The quantitative estimate of drug-likeness (QED) is 0.755. The van der Waals surface area contributed by atoms with Crippen LogP contribution in [0, 0.1) is 19.3 Å². The lowest BCUT2D eigenvalue weighted by molar-refractivity contribution is 0.0117. The van der Waals surface area contributed by atoms with E-state index in [4.69, 9.17) is 4.74 Å². The lowest BCUT2D eigenvalue weighted by atomic mass is 9.73. The molecule has 0 saturated carbocycles. The van der Waals surface area contributed by atoms with Crippen molar-refractivity contribution in [2.75, 3.05) is 46.4 Å². The Morgan fingerprint density at radius 3 is 2.58 bits per heavy atom. The van der Waals surface area contributed by atoms with Gasteiger partial charge in [-0.1, -0.05) is 0 Å². The smallest absolute Gasteiger partial charge is 0.257 e. The highest BCUT2D eigenvalue weighted by Gasteiger charge is 2.41. The number of aryl methyl sites for hydroxylation is 2. The lowest BCUT2D eigenvalue weighted by Gasteiger charge is -2.48. The molecule has 1 atom stereocenters. The summed E-state index contributed by atoms with van der Waals surface area (Å²) in [5.41, 5.74) is 2.89. The van der Waals surface area contributed by atoms with Crippen LogP contribution in [0.5, 0.6) is 0 Å². The highest BCUT2D eigenvalue weighted by atomic mass is 16.5. The average molecular weight is 363 g/mol. The van der Waals surface area contributed by atoms with Crippen molar-refractivity contribution in [3.63, 3.8) is 0 Å². The second-order valence-electron chi connectivity index (χ2n) is 8.23. The first-order valence-corrected chi connectivity index (χ1v) is 9.96. The fourth-order valence-electron chi connectivity index (χ4n) is 4.89. The van der Waals surface area contributed by atoms with Crippen LogP contribution in [-0.2, 0) is 11.8 Å². The molecule has 1 unspecified atom stereocenters. The van der Waals surface area contributed by atoms with E-state index in [-0.39, 0.29) is 11.3 Å². The Morgan fingerprint density at radius 1 is 1.19 bits per heavy atom. The second-order valence-corrected chi connectivity index (χ2v) is 8.23. The summed E-state index contributed by atoms with van der Waals surface area (Å²) in [6.07, 6.45) is 5.91. The van der Waals surface area contributed by atoms with Crippen LogP contribution in [0.2, 0.25) is 0 Å². The Morgan fingerprint density at radius 2 is 1.92 bits per heavy atom. The molecule has 0 bridgehead atoms. The van der Waals surface area contributed by atoms with Gasteiger partial charge in [0.05, 0.1) is 11.3 Å². The molecular formula is C20H34N4O2. The van der Waals surface area contributed by atoms with Crippen LogP contribution in [0.3, 0.4) is 0 Å². The van der Waals surface area contributed by atoms with Gasteiger partial charge in [0.15, 0.2) is 0 Å². The summed E-state index contributed by atoms with van der Waals surface area (Å²) >= 11 is 0. The maximum Gasteiger partial charge on any atom is 0.257 e. The van der Waals surface area contributed by atoms with E-state index in [0.717, 1.165) is 62.6 Å². The predicted molar refractivity (Wildman–Crippen MR) is 102 cm³/mol. The standard InChI is InChI=1S/C20H34N4O2/c1-16-18(17(2)22(3)21-16)19(25)24-12-6-9-20(15-24)8-5-10-23(14-20)11-7-13-26-4/h5-15H2,1-4H3. The first kappa shape index (κ1) is 19.4. The van der Waals surface area contributed by atoms with Gasteiger partial charge in [-0.05, 0) is 52.5 Å². The van der Waals surface area contributed by atoms with Crippen LogP contribution in [0.15, 0.2) is 0 Å². The van der Waals surface area contributed by atoms with Crippen LogP contribution in [0.25, 0.3) is 0 Å². The summed E-state index contributed by atoms with van der Waals surface area (Å²) in [6, 6.07) is 0. The molecule has 1 spiro atoms. The number of hydrogen-bond acceptors (Lipinski definition) is 4. The monoisotopic (exact) mass is 362 g/mol. The zero-order chi connectivity index (χ0) is 18.7. The van der Waals surface area contributed by atoms with Crippen molar-refractivity contribution in [3.8, 4) is 0 Å². The number of aromatic nitrogens is 2. The van der Waals surface area contributed by atoms with Gasteiger partial charge < -0.3 is 14.5 Å². The zero-order valence-electron chi connectivity index (χ0n) is 16.9. The molecule has 1 aromatic heterocycles. The normalized spacial score (nSPS) is 24.4. The number of nitrogens with zero attached hydrogens (tertiary/aromatic N) is 4. The van der Waals surface area contributed by atoms with E-state index in [0.29, 0.717) is 0 Å². The van der Waals surface area contributed by atoms with E-state index in [1.807, 2.05) is 25.6 Å². The highest BCUT2D eigenvalue weighted by molar-refractivity contribution is 5.96. The number of likely N-dealkylation sites (tertiary alicyclic amines) is 2. The number of methoxy groups -OCH3 is 1. The molecule has 6 heteroatoms. The summed E-state index contributed by atoms with van der Waals surface area (Å²) in [7, 11) is 3.68. The lowest BCUT2D eigenvalue weighted by Crippen LogP contribution is -2.53. The van der Waals surface area contributed by atoms with Crippen molar-refractivity contribution in [1.82, 2.24) is 19.6 Å². The molecule has 1 amide bonds. The number of carbonyl (C=O) groups is 1. The van der Waals surface area contributed by atoms with Gasteiger partial charge in [0.1, 0.15) is 0 Å². The van der Waals surface area contributed by atoms with Gasteiger partial charge in [-0.3, -0.25) is 9.48 Å². The van der Waals surface area contributed by atoms with Gasteiger partial charge in [-0.15, -0.1) is 0 Å². The molecule has 3 rings (SSSR count). The summed E-state index contributed by atoms with van der Waals surface area (Å²) in [5, 5.41) is 4.43. The zero-order valence-corrected chi connectivity index (χ0v) is 16.9. The summed E-state index contributed by atoms with van der Waals surface area (Å²) in [6.45, 7) is 9.92. The van der Waals surface area contributed by atoms with E-state index >= 15 is 0 Å². The van der Waals surface area contributed by atoms with Gasteiger partial charge in [0, 0.05) is 58.1 Å². The topological polar surface area (TPSA) is 50.6 Å². The van der Waals surface area contributed by atoms with Gasteiger partial charge in [-0.2, -0.15) is 5.10 Å². The summed E-state index contributed by atoms with van der Waals surface area (Å²) in [4.78, 5) is 17.9. The SMILES string of the molecule is COCCCN1CCCC2(CCCN(C(=O)c3c(C)nn(C)c3C)C2)C1. The first-order valence-electron chi connectivity index (χ1n) is 9.96. The Balaban J connectivity index is 1.69. The minimum Gasteiger partial charge on any atom is -0.385 e. The van der Waals surface area contributed by atoms with Crippen LogP contribution in [0.1, 0.15) is 53.8 Å². The number of rotatable bonds is 5. The van der Waals surface area contributed by atoms with E-state index in [2.05, 4.69) is 14.9 Å². The largest absolute Gasteiger partial charge is 0.385 e. The van der Waals surface area contributed by atoms with Gasteiger partial charge in [0.25, 0.3) is 5.91 Å². The third-order valence-electron chi connectivity index (χ3n) is 6.23. The Bertz CT molecular complexity index is 638. The van der Waals surface area contributed by atoms with Crippen molar-refractivity contribution in [2.24, 2.45) is 12.5 Å².